The van der Waals surface area contributed by atoms with Gasteiger partial charge in [-0.2, -0.15) is 0 Å². The van der Waals surface area contributed by atoms with Crippen molar-refractivity contribution >= 4 is 21.8 Å². The van der Waals surface area contributed by atoms with Crippen molar-refractivity contribution in [3.05, 3.63) is 29.8 Å². The van der Waals surface area contributed by atoms with E-state index in [4.69, 9.17) is 0 Å². The molecule has 0 radical (unpaired) electrons. The molecule has 1 aliphatic heterocycles. The van der Waals surface area contributed by atoms with Crippen LogP contribution in [0.4, 0.5) is 4.39 Å². The number of nitrogens with zero attached hydrogens (tertiary/aromatic N) is 1. The number of amides is 2. The topological polar surface area (TPSA) is 108 Å². The van der Waals surface area contributed by atoms with Gasteiger partial charge in [0.15, 0.2) is 0 Å². The smallest absolute Gasteiger partial charge is 0.251 e. The molecule has 1 aliphatic rings. The first kappa shape index (κ1) is 19.3. The third-order valence-electron chi connectivity index (χ3n) is 3.67. The Bertz CT molecular complexity index is 720. The zero-order valence-electron chi connectivity index (χ0n) is 13.6. The van der Waals surface area contributed by atoms with Crippen LogP contribution in [0, 0.1) is 0 Å². The van der Waals surface area contributed by atoms with Crippen molar-refractivity contribution in [2.75, 3.05) is 45.9 Å². The Morgan fingerprint density at radius 2 is 1.96 bits per heavy atom. The van der Waals surface area contributed by atoms with Crippen LogP contribution in [0.25, 0.3) is 0 Å². The highest BCUT2D eigenvalue weighted by Gasteiger charge is 2.21. The van der Waals surface area contributed by atoms with Crippen molar-refractivity contribution in [2.45, 2.75) is 4.90 Å². The van der Waals surface area contributed by atoms with Crippen LogP contribution in [0.1, 0.15) is 10.4 Å². The normalized spacial score (nSPS) is 15.0. The Morgan fingerprint density at radius 3 is 2.64 bits per heavy atom. The highest BCUT2D eigenvalue weighted by atomic mass is 32.2. The van der Waals surface area contributed by atoms with Gasteiger partial charge >= 0.3 is 0 Å². The van der Waals surface area contributed by atoms with E-state index in [-0.39, 0.29) is 29.5 Å². The molecule has 2 amide bonds. The molecule has 1 heterocycles. The zero-order valence-corrected chi connectivity index (χ0v) is 14.4. The molecule has 1 aromatic rings. The molecule has 10 heteroatoms. The molecule has 138 valence electrons. The molecule has 0 atom stereocenters. The number of carbonyl (C=O) groups is 2. The van der Waals surface area contributed by atoms with Crippen LogP contribution in [0.3, 0.4) is 0 Å². The van der Waals surface area contributed by atoms with Gasteiger partial charge in [-0.1, -0.05) is 6.07 Å². The first-order chi connectivity index (χ1) is 11.9. The Labute approximate surface area is 145 Å². The molecular formula is C15H21FN4O4S. The SMILES string of the molecule is O=C(NCCF)c1cccc(S(=O)(=O)NCC(=O)N2CCNCC2)c1. The second-order valence-corrected chi connectivity index (χ2v) is 7.20. The van der Waals surface area contributed by atoms with Gasteiger partial charge in [0.05, 0.1) is 11.4 Å². The molecule has 0 bridgehead atoms. The maximum atomic E-state index is 12.3. The van der Waals surface area contributed by atoms with Crippen molar-refractivity contribution < 1.29 is 22.4 Å². The summed E-state index contributed by atoms with van der Waals surface area (Å²) >= 11 is 0. The van der Waals surface area contributed by atoms with Crippen molar-refractivity contribution in [1.29, 1.82) is 0 Å². The summed E-state index contributed by atoms with van der Waals surface area (Å²) in [6.07, 6.45) is 0. The van der Waals surface area contributed by atoms with Crippen molar-refractivity contribution in [3.8, 4) is 0 Å². The lowest BCUT2D eigenvalue weighted by Gasteiger charge is -2.27. The number of carbonyl (C=O) groups excluding carboxylic acids is 2. The minimum absolute atomic E-state index is 0.102. The quantitative estimate of drug-likeness (QED) is 0.575. The van der Waals surface area contributed by atoms with Gasteiger partial charge in [0.1, 0.15) is 6.67 Å². The predicted octanol–water partition coefficient (Wildman–Crippen LogP) is -0.904. The predicted molar refractivity (Wildman–Crippen MR) is 89.4 cm³/mol. The number of alkyl halides is 1. The molecule has 1 aromatic carbocycles. The van der Waals surface area contributed by atoms with Crippen LogP contribution >= 0.6 is 0 Å². The largest absolute Gasteiger partial charge is 0.349 e. The van der Waals surface area contributed by atoms with E-state index in [9.17, 15) is 22.4 Å². The van der Waals surface area contributed by atoms with Gasteiger partial charge in [-0.15, -0.1) is 0 Å². The molecule has 2 rings (SSSR count). The van der Waals surface area contributed by atoms with Crippen molar-refractivity contribution in [3.63, 3.8) is 0 Å². The van der Waals surface area contributed by atoms with E-state index >= 15 is 0 Å². The van der Waals surface area contributed by atoms with E-state index in [1.54, 1.807) is 4.90 Å². The number of hydrogen-bond acceptors (Lipinski definition) is 5. The molecular weight excluding hydrogens is 351 g/mol. The third kappa shape index (κ3) is 5.48. The van der Waals surface area contributed by atoms with E-state index in [0.29, 0.717) is 26.2 Å². The van der Waals surface area contributed by atoms with Crippen LogP contribution in [0.2, 0.25) is 0 Å². The van der Waals surface area contributed by atoms with Crippen LogP contribution < -0.4 is 15.4 Å². The maximum absolute atomic E-state index is 12.3. The highest BCUT2D eigenvalue weighted by molar-refractivity contribution is 7.89. The average molecular weight is 372 g/mol. The number of hydrogen-bond donors (Lipinski definition) is 3. The fourth-order valence-electron chi connectivity index (χ4n) is 2.33. The van der Waals surface area contributed by atoms with E-state index in [1.807, 2.05) is 0 Å². The third-order valence-corrected chi connectivity index (χ3v) is 5.07. The Morgan fingerprint density at radius 1 is 1.24 bits per heavy atom. The van der Waals surface area contributed by atoms with Crippen molar-refractivity contribution in [1.82, 2.24) is 20.3 Å². The summed E-state index contributed by atoms with van der Waals surface area (Å²) < 4.78 is 39.0. The van der Waals surface area contributed by atoms with Crippen LogP contribution in [0.15, 0.2) is 29.2 Å². The molecule has 3 N–H and O–H groups in total. The monoisotopic (exact) mass is 372 g/mol. The molecule has 1 fully saturated rings. The van der Waals surface area contributed by atoms with Gasteiger partial charge in [-0.05, 0) is 18.2 Å². The Balaban J connectivity index is 2.01. The number of nitrogens with one attached hydrogen (secondary N) is 3. The molecule has 0 aliphatic carbocycles. The van der Waals surface area contributed by atoms with Gasteiger partial charge in [0.25, 0.3) is 5.91 Å². The fourth-order valence-corrected chi connectivity index (χ4v) is 3.35. The standard InChI is InChI=1S/C15H21FN4O4S/c16-4-5-18-15(22)12-2-1-3-13(10-12)25(23,24)19-11-14(21)20-8-6-17-7-9-20/h1-3,10,17,19H,4-9,11H2,(H,18,22). The molecule has 0 spiro atoms. The van der Waals surface area contributed by atoms with Gasteiger partial charge < -0.3 is 15.5 Å². The van der Waals surface area contributed by atoms with Crippen molar-refractivity contribution in [2.24, 2.45) is 0 Å². The van der Waals surface area contributed by atoms with Gasteiger partial charge in [-0.25, -0.2) is 17.5 Å². The summed E-state index contributed by atoms with van der Waals surface area (Å²) in [6.45, 7) is 1.21. The summed E-state index contributed by atoms with van der Waals surface area (Å²) in [6, 6.07) is 5.35. The molecule has 1 saturated heterocycles. The highest BCUT2D eigenvalue weighted by Crippen LogP contribution is 2.11. The first-order valence-electron chi connectivity index (χ1n) is 7.86. The molecule has 0 aromatic heterocycles. The van der Waals surface area contributed by atoms with E-state index in [2.05, 4.69) is 15.4 Å². The van der Waals surface area contributed by atoms with Crippen LogP contribution in [0.5, 0.6) is 0 Å². The number of piperazine rings is 1. The van der Waals surface area contributed by atoms with Gasteiger partial charge in [0.2, 0.25) is 15.9 Å². The summed E-state index contributed by atoms with van der Waals surface area (Å²) in [7, 11) is -3.94. The van der Waals surface area contributed by atoms with Gasteiger partial charge in [0, 0.05) is 38.3 Å². The summed E-state index contributed by atoms with van der Waals surface area (Å²) in [5.74, 6) is -0.867. The number of rotatable bonds is 7. The number of benzene rings is 1. The second-order valence-electron chi connectivity index (χ2n) is 5.43. The zero-order chi connectivity index (χ0) is 18.3. The lowest BCUT2D eigenvalue weighted by Crippen LogP contribution is -2.49. The summed E-state index contributed by atoms with van der Waals surface area (Å²) in [5, 5.41) is 5.43. The number of sulfonamides is 1. The van der Waals surface area contributed by atoms with Gasteiger partial charge in [-0.3, -0.25) is 9.59 Å². The summed E-state index contributed by atoms with van der Waals surface area (Å²) in [4.78, 5) is 25.3. The van der Waals surface area contributed by atoms with E-state index in [1.165, 1.54) is 24.3 Å². The van der Waals surface area contributed by atoms with Crippen LogP contribution in [-0.2, 0) is 14.8 Å². The molecule has 0 unspecified atom stereocenters. The Kier molecular flexibility index (Phi) is 6.85. The van der Waals surface area contributed by atoms with E-state index < -0.39 is 22.6 Å². The maximum Gasteiger partial charge on any atom is 0.251 e. The number of halogens is 1. The Hall–Kier alpha value is -2.04. The fraction of sp³-hybridized carbons (Fsp3) is 0.467. The lowest BCUT2D eigenvalue weighted by molar-refractivity contribution is -0.130. The average Bonchev–Trinajstić information content (AvgIpc) is 2.65. The molecule has 25 heavy (non-hydrogen) atoms. The minimum atomic E-state index is -3.94. The van der Waals surface area contributed by atoms with Crippen LogP contribution in [-0.4, -0.2) is 71.1 Å². The van der Waals surface area contributed by atoms with E-state index in [0.717, 1.165) is 0 Å². The minimum Gasteiger partial charge on any atom is -0.349 e. The molecule has 8 nitrogen and oxygen atoms in total. The summed E-state index contributed by atoms with van der Waals surface area (Å²) in [5.41, 5.74) is 0.102. The first-order valence-corrected chi connectivity index (χ1v) is 9.35. The molecule has 0 saturated carbocycles. The second kappa shape index (κ2) is 8.88. The lowest BCUT2D eigenvalue weighted by atomic mass is 10.2.